The zero-order valence-corrected chi connectivity index (χ0v) is 19.1. The zero-order valence-electron chi connectivity index (χ0n) is 19.1. The Labute approximate surface area is 185 Å². The first kappa shape index (κ1) is 22.3. The van der Waals surface area contributed by atoms with Crippen LogP contribution in [0.2, 0.25) is 0 Å². The minimum atomic E-state index is -0.497. The molecule has 1 spiro atoms. The molecule has 0 unspecified atom stereocenters. The van der Waals surface area contributed by atoms with Gasteiger partial charge < -0.3 is 10.6 Å². The Morgan fingerprint density at radius 2 is 1.71 bits per heavy atom. The van der Waals surface area contributed by atoms with Crippen molar-refractivity contribution >= 4 is 11.8 Å². The molecule has 2 amide bonds. The van der Waals surface area contributed by atoms with Crippen LogP contribution in [-0.2, 0) is 15.0 Å². The predicted molar refractivity (Wildman–Crippen MR) is 119 cm³/mol. The number of hydrogen-bond donors (Lipinski definition) is 2. The van der Waals surface area contributed by atoms with Crippen LogP contribution in [0.1, 0.15) is 64.9 Å². The molecule has 1 aromatic carbocycles. The molecular weight excluding hydrogens is 393 g/mol. The summed E-state index contributed by atoms with van der Waals surface area (Å²) in [5.41, 5.74) is 0.601. The van der Waals surface area contributed by atoms with Gasteiger partial charge in [0.25, 0.3) is 0 Å². The molecule has 3 fully saturated rings. The summed E-state index contributed by atoms with van der Waals surface area (Å²) in [6.07, 6.45) is 5.99. The molecule has 1 saturated heterocycles. The summed E-state index contributed by atoms with van der Waals surface area (Å²) in [5, 5.41) is 6.25. The molecule has 1 aliphatic heterocycles. The minimum absolute atomic E-state index is 0.0909. The van der Waals surface area contributed by atoms with Crippen LogP contribution >= 0.6 is 0 Å². The molecule has 2 aliphatic carbocycles. The van der Waals surface area contributed by atoms with Gasteiger partial charge in [-0.3, -0.25) is 14.5 Å². The highest BCUT2D eigenvalue weighted by atomic mass is 19.1. The Bertz CT molecular complexity index is 810. The Morgan fingerprint density at radius 1 is 1.10 bits per heavy atom. The van der Waals surface area contributed by atoms with Crippen molar-refractivity contribution in [2.45, 2.75) is 70.3 Å². The standard InChI is InChI=1S/C25H36FN3O2/c1-23(2,3)28-21(30)15-29-16-24(17-29)12-18(13-24)14-27-22(31)25(10-4-5-11-25)19-6-8-20(26)9-7-19/h6-9,18H,4-5,10-17H2,1-3H3,(H,27,31)(H,28,30). The van der Waals surface area contributed by atoms with E-state index in [-0.39, 0.29) is 23.2 Å². The van der Waals surface area contributed by atoms with E-state index in [1.54, 1.807) is 12.1 Å². The summed E-state index contributed by atoms with van der Waals surface area (Å²) in [6.45, 7) is 9.15. The highest BCUT2D eigenvalue weighted by molar-refractivity contribution is 5.88. The quantitative estimate of drug-likeness (QED) is 0.729. The van der Waals surface area contributed by atoms with E-state index in [9.17, 15) is 14.0 Å². The molecule has 2 saturated carbocycles. The van der Waals surface area contributed by atoms with Crippen molar-refractivity contribution in [1.82, 2.24) is 15.5 Å². The topological polar surface area (TPSA) is 61.4 Å². The molecule has 0 radical (unpaired) electrons. The van der Waals surface area contributed by atoms with Gasteiger partial charge in [-0.1, -0.05) is 25.0 Å². The van der Waals surface area contributed by atoms with Gasteiger partial charge in [0.15, 0.2) is 0 Å². The highest BCUT2D eigenvalue weighted by Gasteiger charge is 2.52. The van der Waals surface area contributed by atoms with Crippen molar-refractivity contribution < 1.29 is 14.0 Å². The van der Waals surface area contributed by atoms with Crippen LogP contribution in [-0.4, -0.2) is 48.4 Å². The van der Waals surface area contributed by atoms with Gasteiger partial charge in [0.2, 0.25) is 11.8 Å². The lowest BCUT2D eigenvalue weighted by molar-refractivity contribution is -0.135. The summed E-state index contributed by atoms with van der Waals surface area (Å²) in [6, 6.07) is 6.47. The van der Waals surface area contributed by atoms with Crippen LogP contribution in [0.25, 0.3) is 0 Å². The Balaban J connectivity index is 1.22. The molecule has 0 atom stereocenters. The van der Waals surface area contributed by atoms with E-state index in [0.29, 0.717) is 24.4 Å². The second-order valence-corrected chi connectivity index (χ2v) is 11.2. The lowest BCUT2D eigenvalue weighted by atomic mass is 9.57. The first-order chi connectivity index (χ1) is 14.6. The van der Waals surface area contributed by atoms with Crippen LogP contribution in [0.3, 0.4) is 0 Å². The number of nitrogens with one attached hydrogen (secondary N) is 2. The molecule has 170 valence electrons. The minimum Gasteiger partial charge on any atom is -0.355 e. The molecule has 2 N–H and O–H groups in total. The second-order valence-electron chi connectivity index (χ2n) is 11.2. The number of hydrogen-bond acceptors (Lipinski definition) is 3. The van der Waals surface area contributed by atoms with Gasteiger partial charge in [-0.2, -0.15) is 0 Å². The van der Waals surface area contributed by atoms with Crippen molar-refractivity contribution in [3.05, 3.63) is 35.6 Å². The summed E-state index contributed by atoms with van der Waals surface area (Å²) in [7, 11) is 0. The van der Waals surface area contributed by atoms with E-state index in [2.05, 4.69) is 15.5 Å². The molecular formula is C25H36FN3O2. The molecule has 4 rings (SSSR count). The number of carbonyl (C=O) groups excluding carboxylic acids is 2. The van der Waals surface area contributed by atoms with Gasteiger partial charge >= 0.3 is 0 Å². The van der Waals surface area contributed by atoms with Crippen molar-refractivity contribution in [3.8, 4) is 0 Å². The lowest BCUT2D eigenvalue weighted by Crippen LogP contribution is -2.65. The summed E-state index contributed by atoms with van der Waals surface area (Å²) < 4.78 is 13.4. The second kappa shape index (κ2) is 8.19. The van der Waals surface area contributed by atoms with Crippen LogP contribution in [0.15, 0.2) is 24.3 Å². The average molecular weight is 430 g/mol. The number of likely N-dealkylation sites (tertiary alicyclic amines) is 1. The van der Waals surface area contributed by atoms with Crippen LogP contribution in [0, 0.1) is 17.2 Å². The first-order valence-corrected chi connectivity index (χ1v) is 11.7. The zero-order chi connectivity index (χ0) is 22.3. The molecule has 0 bridgehead atoms. The third-order valence-corrected chi connectivity index (χ3v) is 7.28. The fourth-order valence-corrected chi connectivity index (χ4v) is 6.04. The fourth-order valence-electron chi connectivity index (χ4n) is 6.04. The normalized spacial score (nSPS) is 22.6. The number of amides is 2. The van der Waals surface area contributed by atoms with Gasteiger partial charge in [-0.15, -0.1) is 0 Å². The predicted octanol–water partition coefficient (Wildman–Crippen LogP) is 3.38. The largest absolute Gasteiger partial charge is 0.355 e. The lowest BCUT2D eigenvalue weighted by Gasteiger charge is -2.59. The molecule has 6 heteroatoms. The third-order valence-electron chi connectivity index (χ3n) is 7.28. The number of nitrogens with zero attached hydrogens (tertiary/aromatic N) is 1. The van der Waals surface area contributed by atoms with Crippen LogP contribution in [0.5, 0.6) is 0 Å². The summed E-state index contributed by atoms with van der Waals surface area (Å²) in [5.74, 6) is 0.448. The van der Waals surface area contributed by atoms with E-state index in [4.69, 9.17) is 0 Å². The molecule has 5 nitrogen and oxygen atoms in total. The van der Waals surface area contributed by atoms with Crippen LogP contribution < -0.4 is 10.6 Å². The number of halogens is 1. The van der Waals surface area contributed by atoms with Crippen molar-refractivity contribution in [2.24, 2.45) is 11.3 Å². The molecule has 1 heterocycles. The highest BCUT2D eigenvalue weighted by Crippen LogP contribution is 2.51. The Hall–Kier alpha value is -1.95. The van der Waals surface area contributed by atoms with Gasteiger partial charge in [0.05, 0.1) is 12.0 Å². The number of rotatable bonds is 6. The SMILES string of the molecule is CC(C)(C)NC(=O)CN1CC2(CC(CNC(=O)C3(c4ccc(F)cc4)CCCC3)C2)C1. The number of carbonyl (C=O) groups is 2. The van der Waals surface area contributed by atoms with Crippen molar-refractivity contribution in [3.63, 3.8) is 0 Å². The van der Waals surface area contributed by atoms with Gasteiger partial charge in [0, 0.05) is 25.2 Å². The molecule has 31 heavy (non-hydrogen) atoms. The van der Waals surface area contributed by atoms with Gasteiger partial charge in [-0.25, -0.2) is 4.39 Å². The molecule has 3 aliphatic rings. The van der Waals surface area contributed by atoms with E-state index < -0.39 is 5.41 Å². The maximum absolute atomic E-state index is 13.4. The maximum Gasteiger partial charge on any atom is 0.234 e. The monoisotopic (exact) mass is 429 g/mol. The van der Waals surface area contributed by atoms with E-state index >= 15 is 0 Å². The summed E-state index contributed by atoms with van der Waals surface area (Å²) >= 11 is 0. The van der Waals surface area contributed by atoms with E-state index in [1.807, 2.05) is 20.8 Å². The van der Waals surface area contributed by atoms with E-state index in [1.165, 1.54) is 12.1 Å². The van der Waals surface area contributed by atoms with Crippen LogP contribution in [0.4, 0.5) is 4.39 Å². The molecule has 0 aromatic heterocycles. The maximum atomic E-state index is 13.4. The van der Waals surface area contributed by atoms with Crippen molar-refractivity contribution in [1.29, 1.82) is 0 Å². The van der Waals surface area contributed by atoms with Gasteiger partial charge in [0.1, 0.15) is 5.82 Å². The molecule has 1 aromatic rings. The Morgan fingerprint density at radius 3 is 2.29 bits per heavy atom. The smallest absolute Gasteiger partial charge is 0.234 e. The Kier molecular flexibility index (Phi) is 5.88. The summed E-state index contributed by atoms with van der Waals surface area (Å²) in [4.78, 5) is 27.5. The average Bonchev–Trinajstić information content (AvgIpc) is 3.11. The number of benzene rings is 1. The first-order valence-electron chi connectivity index (χ1n) is 11.7. The van der Waals surface area contributed by atoms with Gasteiger partial charge in [-0.05, 0) is 75.5 Å². The van der Waals surface area contributed by atoms with E-state index in [0.717, 1.165) is 57.2 Å². The third kappa shape index (κ3) is 4.79. The fraction of sp³-hybridized carbons (Fsp3) is 0.680. The van der Waals surface area contributed by atoms with Crippen molar-refractivity contribution in [2.75, 3.05) is 26.2 Å².